The van der Waals surface area contributed by atoms with Crippen LogP contribution in [0, 0.1) is 12.3 Å². The highest BCUT2D eigenvalue weighted by Gasteiger charge is 2.23. The lowest BCUT2D eigenvalue weighted by Crippen LogP contribution is -2.18. The van der Waals surface area contributed by atoms with E-state index in [4.69, 9.17) is 9.84 Å². The Balaban J connectivity index is 1.85. The third-order valence-electron chi connectivity index (χ3n) is 4.96. The second-order valence-electron chi connectivity index (χ2n) is 9.24. The molecular weight excluding hydrogens is 438 g/mol. The molecule has 3 aromatic rings. The highest BCUT2D eigenvalue weighted by Crippen LogP contribution is 2.31. The van der Waals surface area contributed by atoms with E-state index in [0.29, 0.717) is 17.9 Å². The molecule has 0 fully saturated rings. The van der Waals surface area contributed by atoms with Crippen molar-refractivity contribution in [3.05, 3.63) is 89.0 Å². The van der Waals surface area contributed by atoms with Gasteiger partial charge in [-0.05, 0) is 65.8 Å². The number of aromatic carboxylic acids is 1. The maximum atomic E-state index is 13.3. The summed E-state index contributed by atoms with van der Waals surface area (Å²) in [7, 11) is -3.85. The quantitative estimate of drug-likeness (QED) is 0.446. The minimum absolute atomic E-state index is 0.0700. The molecule has 0 spiro atoms. The van der Waals surface area contributed by atoms with Crippen LogP contribution in [-0.4, -0.2) is 19.5 Å². The lowest BCUT2D eigenvalue weighted by molar-refractivity contribution is 0.0697. The number of benzene rings is 3. The Morgan fingerprint density at radius 1 is 1.00 bits per heavy atom. The van der Waals surface area contributed by atoms with Gasteiger partial charge >= 0.3 is 5.97 Å². The van der Waals surface area contributed by atoms with Gasteiger partial charge in [0.2, 0.25) is 0 Å². The van der Waals surface area contributed by atoms with Crippen molar-refractivity contribution in [2.75, 3.05) is 4.72 Å². The van der Waals surface area contributed by atoms with Crippen molar-refractivity contribution in [3.8, 4) is 5.75 Å². The number of nitrogens with one attached hydrogen (secondary N) is 1. The predicted octanol–water partition coefficient (Wildman–Crippen LogP) is 5.66. The molecule has 0 radical (unpaired) electrons. The minimum Gasteiger partial charge on any atom is -0.487 e. The molecule has 0 aromatic heterocycles. The van der Waals surface area contributed by atoms with Crippen molar-refractivity contribution in [3.63, 3.8) is 0 Å². The van der Waals surface area contributed by atoms with E-state index in [1.54, 1.807) is 36.4 Å². The molecule has 2 N–H and O–H groups in total. The molecule has 0 saturated carbocycles. The highest BCUT2D eigenvalue weighted by atomic mass is 32.2. The van der Waals surface area contributed by atoms with Gasteiger partial charge in [0.1, 0.15) is 12.4 Å². The summed E-state index contributed by atoms with van der Waals surface area (Å²) in [4.78, 5) is 11.3. The minimum atomic E-state index is -3.85. The van der Waals surface area contributed by atoms with E-state index in [2.05, 4.69) is 25.5 Å². The van der Waals surface area contributed by atoms with Crippen LogP contribution in [0.2, 0.25) is 0 Å². The molecule has 0 amide bonds. The first kappa shape index (κ1) is 24.3. The summed E-state index contributed by atoms with van der Waals surface area (Å²) in [6, 6.07) is 18.7. The Morgan fingerprint density at radius 2 is 1.67 bits per heavy atom. The molecule has 33 heavy (non-hydrogen) atoms. The van der Waals surface area contributed by atoms with Gasteiger partial charge in [-0.2, -0.15) is 0 Å². The van der Waals surface area contributed by atoms with Crippen LogP contribution in [0.3, 0.4) is 0 Å². The number of anilines is 1. The maximum Gasteiger partial charge on any atom is 0.335 e. The summed E-state index contributed by atoms with van der Waals surface area (Å²) in [6.45, 7) is 8.25. The molecule has 3 rings (SSSR count). The number of aryl methyl sites for hydroxylation is 1. The van der Waals surface area contributed by atoms with Gasteiger partial charge in [0.25, 0.3) is 10.0 Å². The van der Waals surface area contributed by atoms with Gasteiger partial charge in [0.15, 0.2) is 0 Å². The van der Waals surface area contributed by atoms with E-state index in [0.717, 1.165) is 16.7 Å². The van der Waals surface area contributed by atoms with E-state index in [1.807, 2.05) is 25.1 Å². The molecule has 0 saturated heterocycles. The fourth-order valence-electron chi connectivity index (χ4n) is 3.44. The fraction of sp³-hybridized carbons (Fsp3) is 0.269. The van der Waals surface area contributed by atoms with Crippen molar-refractivity contribution >= 4 is 21.7 Å². The second kappa shape index (κ2) is 9.67. The second-order valence-corrected chi connectivity index (χ2v) is 10.9. The molecule has 0 unspecified atom stereocenters. The highest BCUT2D eigenvalue weighted by molar-refractivity contribution is 7.92. The first-order valence-corrected chi connectivity index (χ1v) is 12.1. The van der Waals surface area contributed by atoms with Crippen LogP contribution >= 0.6 is 0 Å². The van der Waals surface area contributed by atoms with Gasteiger partial charge in [-0.1, -0.05) is 57.2 Å². The van der Waals surface area contributed by atoms with Crippen molar-refractivity contribution < 1.29 is 23.1 Å². The van der Waals surface area contributed by atoms with Crippen LogP contribution in [0.25, 0.3) is 0 Å². The Bertz CT molecular complexity index is 1240. The van der Waals surface area contributed by atoms with Crippen molar-refractivity contribution in [1.82, 2.24) is 0 Å². The third-order valence-corrected chi connectivity index (χ3v) is 6.42. The van der Waals surface area contributed by atoms with Crippen LogP contribution in [0.1, 0.15) is 47.8 Å². The van der Waals surface area contributed by atoms with Crippen LogP contribution in [0.15, 0.2) is 71.6 Å². The molecule has 174 valence electrons. The first-order valence-electron chi connectivity index (χ1n) is 10.6. The average molecular weight is 468 g/mol. The monoisotopic (exact) mass is 467 g/mol. The van der Waals surface area contributed by atoms with Crippen molar-refractivity contribution in [1.29, 1.82) is 0 Å². The Morgan fingerprint density at radius 3 is 2.30 bits per heavy atom. The Hall–Kier alpha value is -3.32. The number of sulfonamides is 1. The molecule has 6 nitrogen and oxygen atoms in total. The zero-order valence-corrected chi connectivity index (χ0v) is 20.1. The summed E-state index contributed by atoms with van der Waals surface area (Å²) >= 11 is 0. The van der Waals surface area contributed by atoms with E-state index >= 15 is 0 Å². The van der Waals surface area contributed by atoms with Crippen LogP contribution in [0.4, 0.5) is 5.69 Å². The number of carboxylic acids is 1. The molecular formula is C26H29NO5S. The molecule has 0 bridgehead atoms. The van der Waals surface area contributed by atoms with Crippen molar-refractivity contribution in [2.45, 2.75) is 45.6 Å². The SMILES string of the molecule is Cc1ccc(OCc2ccc(C(=O)O)cc2)c(NS(=O)(=O)c2ccccc2CC(C)(C)C)c1. The van der Waals surface area contributed by atoms with E-state index in [-0.39, 0.29) is 22.5 Å². The summed E-state index contributed by atoms with van der Waals surface area (Å²) in [5.74, 6) is -0.607. The number of carboxylic acid groups (broad SMARTS) is 1. The van der Waals surface area contributed by atoms with E-state index in [1.165, 1.54) is 12.1 Å². The number of hydrogen-bond acceptors (Lipinski definition) is 4. The van der Waals surface area contributed by atoms with Gasteiger partial charge in [0.05, 0.1) is 16.1 Å². The largest absolute Gasteiger partial charge is 0.487 e. The summed E-state index contributed by atoms with van der Waals surface area (Å²) < 4.78 is 35.2. The van der Waals surface area contributed by atoms with Gasteiger partial charge in [-0.3, -0.25) is 4.72 Å². The number of carbonyl (C=O) groups is 1. The number of rotatable bonds is 8. The summed E-state index contributed by atoms with van der Waals surface area (Å²) in [5.41, 5.74) is 2.88. The van der Waals surface area contributed by atoms with Crippen LogP contribution in [-0.2, 0) is 23.1 Å². The van der Waals surface area contributed by atoms with Crippen LogP contribution in [0.5, 0.6) is 5.75 Å². The van der Waals surface area contributed by atoms with Gasteiger partial charge in [-0.25, -0.2) is 13.2 Å². The van der Waals surface area contributed by atoms with E-state index < -0.39 is 16.0 Å². The van der Waals surface area contributed by atoms with Gasteiger partial charge in [0, 0.05) is 0 Å². The number of ether oxygens (including phenoxy) is 1. The summed E-state index contributed by atoms with van der Waals surface area (Å²) in [5, 5.41) is 9.03. The molecule has 3 aromatic carbocycles. The Kier molecular flexibility index (Phi) is 7.12. The zero-order chi connectivity index (χ0) is 24.2. The predicted molar refractivity (Wildman–Crippen MR) is 129 cm³/mol. The van der Waals surface area contributed by atoms with E-state index in [9.17, 15) is 13.2 Å². The average Bonchev–Trinajstić information content (AvgIpc) is 2.72. The fourth-order valence-corrected chi connectivity index (χ4v) is 4.74. The standard InChI is InChI=1S/C26H29NO5S/c1-18-9-14-23(32-17-19-10-12-20(13-11-19)25(28)29)22(15-18)27-33(30,31)24-8-6-5-7-21(24)16-26(2,3)4/h5-15,27H,16-17H2,1-4H3,(H,28,29). The maximum absolute atomic E-state index is 13.3. The zero-order valence-electron chi connectivity index (χ0n) is 19.3. The first-order chi connectivity index (χ1) is 15.4. The molecule has 7 heteroatoms. The number of hydrogen-bond donors (Lipinski definition) is 2. The van der Waals surface area contributed by atoms with Gasteiger partial charge < -0.3 is 9.84 Å². The molecule has 0 aliphatic rings. The topological polar surface area (TPSA) is 92.7 Å². The lowest BCUT2D eigenvalue weighted by atomic mass is 9.88. The normalized spacial score (nSPS) is 11.8. The lowest BCUT2D eigenvalue weighted by Gasteiger charge is -2.21. The van der Waals surface area contributed by atoms with Gasteiger partial charge in [-0.15, -0.1) is 0 Å². The Labute approximate surface area is 195 Å². The third kappa shape index (κ3) is 6.58. The van der Waals surface area contributed by atoms with Crippen molar-refractivity contribution in [2.24, 2.45) is 5.41 Å². The van der Waals surface area contributed by atoms with Crippen LogP contribution < -0.4 is 9.46 Å². The summed E-state index contributed by atoms with van der Waals surface area (Å²) in [6.07, 6.45) is 0.619. The molecule has 0 aliphatic carbocycles. The smallest absolute Gasteiger partial charge is 0.335 e. The molecule has 0 atom stereocenters. The molecule has 0 heterocycles. The molecule has 0 aliphatic heterocycles.